The third kappa shape index (κ3) is 4.64. The van der Waals surface area contributed by atoms with Gasteiger partial charge in [0, 0.05) is 17.9 Å². The predicted octanol–water partition coefficient (Wildman–Crippen LogP) is 4.17. The van der Waals surface area contributed by atoms with E-state index in [2.05, 4.69) is 15.8 Å². The minimum Gasteiger partial charge on any atom is -0.368 e. The SMILES string of the molecule is Cc1noc(C)c1C(C)C(=O)Nc1ccc(NC(=O)C2CCCO2)cc1C(F)(F)F. The molecule has 2 N–H and O–H groups in total. The van der Waals surface area contributed by atoms with Crippen LogP contribution >= 0.6 is 0 Å². The molecule has 1 aliphatic heterocycles. The number of carbonyl (C=O) groups is 2. The zero-order chi connectivity index (χ0) is 22.1. The first-order valence-corrected chi connectivity index (χ1v) is 9.45. The van der Waals surface area contributed by atoms with Crippen LogP contribution in [0.25, 0.3) is 0 Å². The average Bonchev–Trinajstić information content (AvgIpc) is 3.32. The normalized spacial score (nSPS) is 17.6. The number of hydrogen-bond donors (Lipinski definition) is 2. The third-order valence-corrected chi connectivity index (χ3v) is 4.99. The molecule has 0 radical (unpaired) electrons. The summed E-state index contributed by atoms with van der Waals surface area (Å²) >= 11 is 0. The smallest absolute Gasteiger partial charge is 0.368 e. The summed E-state index contributed by atoms with van der Waals surface area (Å²) < 4.78 is 51.1. The molecule has 1 fully saturated rings. The Morgan fingerprint density at radius 1 is 1.23 bits per heavy atom. The maximum Gasteiger partial charge on any atom is 0.418 e. The number of nitrogens with zero attached hydrogens (tertiary/aromatic N) is 1. The largest absolute Gasteiger partial charge is 0.418 e. The second-order valence-corrected chi connectivity index (χ2v) is 7.20. The summed E-state index contributed by atoms with van der Waals surface area (Å²) in [5.74, 6) is -1.47. The minimum atomic E-state index is -4.74. The molecule has 7 nitrogen and oxygen atoms in total. The van der Waals surface area contributed by atoms with Crippen LogP contribution in [0.4, 0.5) is 24.5 Å². The van der Waals surface area contributed by atoms with Crippen LogP contribution in [-0.2, 0) is 20.5 Å². The van der Waals surface area contributed by atoms with Crippen molar-refractivity contribution >= 4 is 23.2 Å². The van der Waals surface area contributed by atoms with E-state index in [4.69, 9.17) is 9.26 Å². The lowest BCUT2D eigenvalue weighted by atomic mass is 9.98. The van der Waals surface area contributed by atoms with Crippen molar-refractivity contribution in [2.75, 3.05) is 17.2 Å². The molecule has 2 atom stereocenters. The lowest BCUT2D eigenvalue weighted by molar-refractivity contribution is -0.137. The Morgan fingerprint density at radius 2 is 1.97 bits per heavy atom. The standard InChI is InChI=1S/C20H22F3N3O4/c1-10(17-11(2)26-30-12(17)3)18(27)25-15-7-6-13(9-14(15)20(21,22)23)24-19(28)16-5-4-8-29-16/h6-7,9-10,16H,4-5,8H2,1-3H3,(H,24,28)(H,25,27). The van der Waals surface area contributed by atoms with Crippen molar-refractivity contribution in [3.8, 4) is 0 Å². The van der Waals surface area contributed by atoms with Gasteiger partial charge >= 0.3 is 6.18 Å². The summed E-state index contributed by atoms with van der Waals surface area (Å²) in [6, 6.07) is 3.22. The van der Waals surface area contributed by atoms with Gasteiger partial charge in [-0.1, -0.05) is 5.16 Å². The van der Waals surface area contributed by atoms with Crippen molar-refractivity contribution in [3.63, 3.8) is 0 Å². The molecule has 2 heterocycles. The average molecular weight is 425 g/mol. The van der Waals surface area contributed by atoms with Gasteiger partial charge in [-0.2, -0.15) is 13.2 Å². The van der Waals surface area contributed by atoms with Crippen molar-refractivity contribution in [1.29, 1.82) is 0 Å². The maximum absolute atomic E-state index is 13.6. The highest BCUT2D eigenvalue weighted by Crippen LogP contribution is 2.37. The van der Waals surface area contributed by atoms with Gasteiger partial charge in [0.2, 0.25) is 5.91 Å². The van der Waals surface area contributed by atoms with Gasteiger partial charge in [-0.05, 0) is 51.8 Å². The molecule has 1 aliphatic rings. The molecule has 30 heavy (non-hydrogen) atoms. The van der Waals surface area contributed by atoms with E-state index in [1.165, 1.54) is 6.07 Å². The molecule has 2 aromatic rings. The monoisotopic (exact) mass is 425 g/mol. The highest BCUT2D eigenvalue weighted by Gasteiger charge is 2.35. The van der Waals surface area contributed by atoms with Gasteiger partial charge in [0.05, 0.1) is 22.9 Å². The number of nitrogens with one attached hydrogen (secondary N) is 2. The number of ether oxygens (including phenoxy) is 1. The van der Waals surface area contributed by atoms with Crippen LogP contribution in [0.1, 0.15) is 48.3 Å². The molecule has 10 heteroatoms. The van der Waals surface area contributed by atoms with Crippen LogP contribution in [0.5, 0.6) is 0 Å². The van der Waals surface area contributed by atoms with Crippen LogP contribution < -0.4 is 10.6 Å². The molecule has 1 saturated heterocycles. The molecule has 1 aromatic heterocycles. The number of aromatic nitrogens is 1. The van der Waals surface area contributed by atoms with Crippen LogP contribution in [0.15, 0.2) is 22.7 Å². The predicted molar refractivity (Wildman–Crippen MR) is 102 cm³/mol. The number of carbonyl (C=O) groups excluding carboxylic acids is 2. The van der Waals surface area contributed by atoms with Crippen LogP contribution in [0.3, 0.4) is 0 Å². The lowest BCUT2D eigenvalue weighted by Gasteiger charge is -2.18. The molecule has 162 valence electrons. The van der Waals surface area contributed by atoms with Gasteiger partial charge in [0.15, 0.2) is 0 Å². The van der Waals surface area contributed by atoms with Gasteiger partial charge in [0.25, 0.3) is 5.91 Å². The second kappa shape index (κ2) is 8.47. The van der Waals surface area contributed by atoms with Gasteiger partial charge in [0.1, 0.15) is 11.9 Å². The molecule has 2 unspecified atom stereocenters. The van der Waals surface area contributed by atoms with E-state index in [-0.39, 0.29) is 5.69 Å². The van der Waals surface area contributed by atoms with Gasteiger partial charge < -0.3 is 19.9 Å². The fourth-order valence-electron chi connectivity index (χ4n) is 3.45. The van der Waals surface area contributed by atoms with E-state index in [9.17, 15) is 22.8 Å². The first-order valence-electron chi connectivity index (χ1n) is 9.45. The van der Waals surface area contributed by atoms with E-state index in [1.807, 2.05) is 0 Å². The highest BCUT2D eigenvalue weighted by molar-refractivity contribution is 5.98. The number of rotatable bonds is 5. The summed E-state index contributed by atoms with van der Waals surface area (Å²) in [4.78, 5) is 24.7. The van der Waals surface area contributed by atoms with Gasteiger partial charge in [-0.15, -0.1) is 0 Å². The first-order chi connectivity index (χ1) is 14.1. The Hall–Kier alpha value is -2.88. The van der Waals surface area contributed by atoms with E-state index in [1.54, 1.807) is 20.8 Å². The Bertz CT molecular complexity index is 930. The minimum absolute atomic E-state index is 0.0282. The fraction of sp³-hybridized carbons (Fsp3) is 0.450. The number of aryl methyl sites for hydroxylation is 2. The molecular formula is C20H22F3N3O4. The first kappa shape index (κ1) is 21.8. The molecule has 0 aliphatic carbocycles. The van der Waals surface area contributed by atoms with E-state index >= 15 is 0 Å². The van der Waals surface area contributed by atoms with Crippen LogP contribution in [-0.4, -0.2) is 29.7 Å². The van der Waals surface area contributed by atoms with Crippen molar-refractivity contribution < 1.29 is 32.0 Å². The highest BCUT2D eigenvalue weighted by atomic mass is 19.4. The number of hydrogen-bond acceptors (Lipinski definition) is 5. The van der Waals surface area contributed by atoms with Crippen molar-refractivity contribution in [1.82, 2.24) is 5.16 Å². The number of halogens is 3. The van der Waals surface area contributed by atoms with Gasteiger partial charge in [-0.25, -0.2) is 0 Å². The number of amides is 2. The summed E-state index contributed by atoms with van der Waals surface area (Å²) in [5, 5.41) is 8.54. The van der Waals surface area contributed by atoms with Crippen molar-refractivity contribution in [2.24, 2.45) is 0 Å². The molecule has 0 bridgehead atoms. The molecule has 1 aromatic carbocycles. The Kier molecular flexibility index (Phi) is 6.16. The van der Waals surface area contributed by atoms with Crippen molar-refractivity contribution in [2.45, 2.75) is 51.8 Å². The quantitative estimate of drug-likeness (QED) is 0.750. The Labute approximate surface area is 170 Å². The Balaban J connectivity index is 1.81. The fourth-order valence-corrected chi connectivity index (χ4v) is 3.45. The number of alkyl halides is 3. The number of benzene rings is 1. The zero-order valence-electron chi connectivity index (χ0n) is 16.7. The summed E-state index contributed by atoms with van der Waals surface area (Å²) in [6.45, 7) is 5.29. The summed E-state index contributed by atoms with van der Waals surface area (Å²) in [7, 11) is 0. The number of anilines is 2. The maximum atomic E-state index is 13.6. The van der Waals surface area contributed by atoms with E-state index < -0.39 is 41.3 Å². The summed E-state index contributed by atoms with van der Waals surface area (Å²) in [6.07, 6.45) is -4.17. The molecule has 3 rings (SSSR count). The molecule has 2 amide bonds. The molecule has 0 saturated carbocycles. The lowest BCUT2D eigenvalue weighted by Crippen LogP contribution is -2.27. The third-order valence-electron chi connectivity index (χ3n) is 4.99. The topological polar surface area (TPSA) is 93.5 Å². The van der Waals surface area contributed by atoms with Crippen LogP contribution in [0.2, 0.25) is 0 Å². The zero-order valence-corrected chi connectivity index (χ0v) is 16.7. The molecule has 0 spiro atoms. The summed E-state index contributed by atoms with van der Waals surface area (Å²) in [5.41, 5.74) is -0.465. The molecular weight excluding hydrogens is 403 g/mol. The van der Waals surface area contributed by atoms with Crippen molar-refractivity contribution in [3.05, 3.63) is 40.8 Å². The van der Waals surface area contributed by atoms with E-state index in [0.29, 0.717) is 30.0 Å². The Morgan fingerprint density at radius 3 is 2.53 bits per heavy atom. The second-order valence-electron chi connectivity index (χ2n) is 7.20. The van der Waals surface area contributed by atoms with E-state index in [0.717, 1.165) is 18.6 Å². The van der Waals surface area contributed by atoms with Gasteiger partial charge in [-0.3, -0.25) is 9.59 Å². The van der Waals surface area contributed by atoms with Crippen LogP contribution in [0, 0.1) is 13.8 Å².